The molecule has 0 atom stereocenters. The number of carbonyl (C=O) groups is 2. The third-order valence-corrected chi connectivity index (χ3v) is 7.19. The molecule has 5 rings (SSSR count). The predicted octanol–water partition coefficient (Wildman–Crippen LogP) is 4.68. The lowest BCUT2D eigenvalue weighted by atomic mass is 9.74. The Kier molecular flexibility index (Phi) is 7.21. The van der Waals surface area contributed by atoms with Crippen molar-refractivity contribution in [2.24, 2.45) is 14.1 Å². The van der Waals surface area contributed by atoms with Crippen molar-refractivity contribution in [1.82, 2.24) is 29.2 Å². The maximum absolute atomic E-state index is 13.3. The van der Waals surface area contributed by atoms with Gasteiger partial charge in [0, 0.05) is 54.9 Å². The Balaban J connectivity index is 1.43. The average molecular weight is 577 g/mol. The van der Waals surface area contributed by atoms with Crippen LogP contribution < -0.4 is 21.6 Å². The van der Waals surface area contributed by atoms with Crippen molar-refractivity contribution >= 4 is 40.4 Å². The Morgan fingerprint density at radius 1 is 1.00 bits per heavy atom. The van der Waals surface area contributed by atoms with E-state index >= 15 is 0 Å². The number of nitrogens with zero attached hydrogens (tertiary/aromatic N) is 5. The van der Waals surface area contributed by atoms with E-state index in [1.54, 1.807) is 39.3 Å². The highest BCUT2D eigenvalue weighted by molar-refractivity contribution is 5.88. The molecule has 222 valence electrons. The molecule has 1 aromatic carbocycles. The van der Waals surface area contributed by atoms with Crippen molar-refractivity contribution in [2.75, 3.05) is 17.7 Å². The van der Waals surface area contributed by atoms with Crippen LogP contribution in [0, 0.1) is 0 Å². The quantitative estimate of drug-likeness (QED) is 0.300. The molecular formula is C29H36N8O5. The molecule has 0 saturated heterocycles. The number of amides is 2. The van der Waals surface area contributed by atoms with E-state index in [1.165, 1.54) is 7.11 Å². The molecule has 0 spiro atoms. The van der Waals surface area contributed by atoms with Crippen LogP contribution in [0.5, 0.6) is 0 Å². The van der Waals surface area contributed by atoms with Gasteiger partial charge in [0.05, 0.1) is 30.5 Å². The van der Waals surface area contributed by atoms with Crippen LogP contribution in [-0.4, -0.2) is 54.3 Å². The summed E-state index contributed by atoms with van der Waals surface area (Å²) in [5.74, 6) is 0.517. The number of rotatable bonds is 6. The highest BCUT2D eigenvalue weighted by atomic mass is 16.6. The fraction of sp³-hybridized carbons (Fsp3) is 0.414. The SMILES string of the molecule is COC(=O)Nc1cc(Nc2cc3c(cn2)n(C)c(=O)n3C2CC(C)(NC(=O)OC(C)(C)C)C2)cc(-c2cnn(C)c2)c1. The third-order valence-electron chi connectivity index (χ3n) is 7.19. The van der Waals surface area contributed by atoms with Crippen LogP contribution in [0.1, 0.15) is 46.6 Å². The van der Waals surface area contributed by atoms with E-state index < -0.39 is 23.3 Å². The van der Waals surface area contributed by atoms with Crippen molar-refractivity contribution in [2.45, 2.75) is 57.7 Å². The number of ether oxygens (including phenoxy) is 2. The minimum atomic E-state index is -0.597. The van der Waals surface area contributed by atoms with Crippen molar-refractivity contribution in [3.05, 3.63) is 53.3 Å². The summed E-state index contributed by atoms with van der Waals surface area (Å²) < 4.78 is 15.2. The summed E-state index contributed by atoms with van der Waals surface area (Å²) in [6, 6.07) is 7.23. The van der Waals surface area contributed by atoms with E-state index in [9.17, 15) is 14.4 Å². The van der Waals surface area contributed by atoms with Gasteiger partial charge in [0.15, 0.2) is 0 Å². The number of alkyl carbamates (subject to hydrolysis) is 1. The van der Waals surface area contributed by atoms with E-state index in [-0.39, 0.29) is 11.7 Å². The zero-order valence-corrected chi connectivity index (χ0v) is 24.8. The second-order valence-corrected chi connectivity index (χ2v) is 12.0. The largest absolute Gasteiger partial charge is 0.453 e. The maximum atomic E-state index is 13.3. The molecule has 0 unspecified atom stereocenters. The standard InChI is InChI=1S/C29H36N8O5/c1-28(2,3)42-26(39)34-29(4)12-21(13-29)37-22-11-24(30-15-23(22)36(6)27(37)40)32-19-8-17(18-14-31-35(5)16-18)9-20(10-19)33-25(38)41-7/h8-11,14-16,21H,12-13H2,1-7H3,(H,30,32)(H,33,38)(H,34,39). The van der Waals surface area contributed by atoms with Gasteiger partial charge < -0.3 is 20.1 Å². The smallest absolute Gasteiger partial charge is 0.411 e. The molecule has 3 aromatic heterocycles. The van der Waals surface area contributed by atoms with Crippen molar-refractivity contribution in [1.29, 1.82) is 0 Å². The van der Waals surface area contributed by atoms with Gasteiger partial charge in [-0.15, -0.1) is 0 Å². The summed E-state index contributed by atoms with van der Waals surface area (Å²) >= 11 is 0. The molecule has 2 amide bonds. The normalized spacial score (nSPS) is 18.3. The van der Waals surface area contributed by atoms with Crippen LogP contribution >= 0.6 is 0 Å². The molecule has 13 nitrogen and oxygen atoms in total. The zero-order chi connectivity index (χ0) is 30.4. The van der Waals surface area contributed by atoms with Gasteiger partial charge in [0.2, 0.25) is 0 Å². The Morgan fingerprint density at radius 3 is 2.36 bits per heavy atom. The Bertz CT molecular complexity index is 1720. The van der Waals surface area contributed by atoms with Crippen LogP contribution in [0.3, 0.4) is 0 Å². The van der Waals surface area contributed by atoms with E-state index in [0.29, 0.717) is 35.6 Å². The minimum Gasteiger partial charge on any atom is -0.453 e. The first kappa shape index (κ1) is 28.7. The molecule has 3 heterocycles. The second-order valence-electron chi connectivity index (χ2n) is 12.0. The summed E-state index contributed by atoms with van der Waals surface area (Å²) in [4.78, 5) is 42.2. The molecular weight excluding hydrogens is 540 g/mol. The zero-order valence-electron chi connectivity index (χ0n) is 24.8. The lowest BCUT2D eigenvalue weighted by Crippen LogP contribution is -2.57. The molecule has 1 saturated carbocycles. The van der Waals surface area contributed by atoms with Crippen LogP contribution in [0.25, 0.3) is 22.2 Å². The summed E-state index contributed by atoms with van der Waals surface area (Å²) in [6.45, 7) is 7.41. The summed E-state index contributed by atoms with van der Waals surface area (Å²) in [7, 11) is 4.85. The number of aryl methyl sites for hydroxylation is 2. The Hall–Kier alpha value is -4.81. The maximum Gasteiger partial charge on any atom is 0.411 e. The topological polar surface area (TPSA) is 146 Å². The van der Waals surface area contributed by atoms with Gasteiger partial charge in [-0.1, -0.05) is 0 Å². The monoisotopic (exact) mass is 576 g/mol. The first-order chi connectivity index (χ1) is 19.7. The summed E-state index contributed by atoms with van der Waals surface area (Å²) in [6.07, 6.45) is 5.35. The molecule has 0 radical (unpaired) electrons. The van der Waals surface area contributed by atoms with E-state index in [0.717, 1.165) is 16.6 Å². The van der Waals surface area contributed by atoms with Gasteiger partial charge in [-0.2, -0.15) is 5.10 Å². The number of imidazole rings is 1. The highest BCUT2D eigenvalue weighted by Crippen LogP contribution is 2.42. The molecule has 1 aliphatic carbocycles. The third kappa shape index (κ3) is 5.94. The summed E-state index contributed by atoms with van der Waals surface area (Å²) in [5.41, 5.74) is 3.05. The van der Waals surface area contributed by atoms with Gasteiger partial charge >= 0.3 is 17.9 Å². The minimum absolute atomic E-state index is 0.110. The molecule has 1 fully saturated rings. The predicted molar refractivity (Wildman–Crippen MR) is 159 cm³/mol. The molecule has 42 heavy (non-hydrogen) atoms. The number of nitrogens with one attached hydrogen (secondary N) is 3. The van der Waals surface area contributed by atoms with Crippen LogP contribution in [0.15, 0.2) is 47.7 Å². The first-order valence-electron chi connectivity index (χ1n) is 13.6. The van der Waals surface area contributed by atoms with Crippen molar-refractivity contribution in [3.63, 3.8) is 0 Å². The number of hydrogen-bond donors (Lipinski definition) is 3. The van der Waals surface area contributed by atoms with Crippen LogP contribution in [0.2, 0.25) is 0 Å². The summed E-state index contributed by atoms with van der Waals surface area (Å²) in [5, 5.41) is 13.2. The molecule has 4 aromatic rings. The highest BCUT2D eigenvalue weighted by Gasteiger charge is 2.44. The number of pyridine rings is 1. The lowest BCUT2D eigenvalue weighted by Gasteiger charge is -2.46. The Labute approximate surface area is 242 Å². The molecule has 1 aliphatic rings. The van der Waals surface area contributed by atoms with E-state index in [1.807, 2.05) is 59.1 Å². The number of aromatic nitrogens is 5. The average Bonchev–Trinajstić information content (AvgIpc) is 3.41. The van der Waals surface area contributed by atoms with Gasteiger partial charge in [-0.25, -0.2) is 19.4 Å². The number of benzene rings is 1. The van der Waals surface area contributed by atoms with Crippen molar-refractivity contribution in [3.8, 4) is 11.1 Å². The fourth-order valence-corrected chi connectivity index (χ4v) is 5.32. The van der Waals surface area contributed by atoms with Crippen molar-refractivity contribution < 1.29 is 19.1 Å². The molecule has 3 N–H and O–H groups in total. The first-order valence-corrected chi connectivity index (χ1v) is 13.6. The number of methoxy groups -OCH3 is 1. The second kappa shape index (κ2) is 10.5. The van der Waals surface area contributed by atoms with Gasteiger partial charge in [0.25, 0.3) is 0 Å². The number of anilines is 3. The van der Waals surface area contributed by atoms with Gasteiger partial charge in [-0.3, -0.25) is 19.1 Å². The van der Waals surface area contributed by atoms with E-state index in [4.69, 9.17) is 9.47 Å². The van der Waals surface area contributed by atoms with Crippen LogP contribution in [0.4, 0.5) is 26.8 Å². The number of hydrogen-bond acceptors (Lipinski definition) is 8. The van der Waals surface area contributed by atoms with Gasteiger partial charge in [0.1, 0.15) is 11.4 Å². The Morgan fingerprint density at radius 2 is 1.71 bits per heavy atom. The van der Waals surface area contributed by atoms with Gasteiger partial charge in [-0.05, 0) is 64.3 Å². The molecule has 13 heteroatoms. The fourth-order valence-electron chi connectivity index (χ4n) is 5.32. The molecule has 0 aliphatic heterocycles. The van der Waals surface area contributed by atoms with Crippen LogP contribution in [-0.2, 0) is 23.6 Å². The number of fused-ring (bicyclic) bond motifs is 1. The van der Waals surface area contributed by atoms with E-state index in [2.05, 4.69) is 26.0 Å². The number of carbonyl (C=O) groups excluding carboxylic acids is 2. The molecule has 0 bridgehead atoms. The lowest BCUT2D eigenvalue weighted by molar-refractivity contribution is 0.0339.